The second-order valence-electron chi connectivity index (χ2n) is 8.08. The second kappa shape index (κ2) is 11.4. The van der Waals surface area contributed by atoms with Gasteiger partial charge in [0.25, 0.3) is 0 Å². The van der Waals surface area contributed by atoms with Crippen molar-refractivity contribution in [3.05, 3.63) is 24.5 Å². The number of hydrogen-bond acceptors (Lipinski definition) is 6. The van der Waals surface area contributed by atoms with E-state index in [1.807, 2.05) is 31.5 Å². The maximum Gasteiger partial charge on any atom is 0.306 e. The van der Waals surface area contributed by atoms with Gasteiger partial charge >= 0.3 is 5.97 Å². The number of hydrogen-bond donors (Lipinski definition) is 1. The number of nitrogens with one attached hydrogen (secondary N) is 1. The highest BCUT2D eigenvalue weighted by molar-refractivity contribution is 5.69. The van der Waals surface area contributed by atoms with Crippen molar-refractivity contribution in [3.63, 3.8) is 0 Å². The van der Waals surface area contributed by atoms with Gasteiger partial charge < -0.3 is 15.0 Å². The van der Waals surface area contributed by atoms with Gasteiger partial charge in [-0.1, -0.05) is 0 Å². The van der Waals surface area contributed by atoms with E-state index in [4.69, 9.17) is 4.74 Å². The van der Waals surface area contributed by atoms with Crippen LogP contribution in [0.3, 0.4) is 0 Å². The van der Waals surface area contributed by atoms with Crippen molar-refractivity contribution in [2.24, 2.45) is 5.92 Å². The fourth-order valence-electron chi connectivity index (χ4n) is 4.53. The molecule has 2 heterocycles. The van der Waals surface area contributed by atoms with Gasteiger partial charge in [0.2, 0.25) is 0 Å². The monoisotopic (exact) mass is 388 g/mol. The van der Waals surface area contributed by atoms with Crippen molar-refractivity contribution in [3.8, 4) is 0 Å². The summed E-state index contributed by atoms with van der Waals surface area (Å²) in [7, 11) is 0. The molecule has 0 atom stereocenters. The molecule has 1 N–H and O–H groups in total. The van der Waals surface area contributed by atoms with Gasteiger partial charge in [0.05, 0.1) is 6.61 Å². The molecule has 1 aromatic rings. The Labute approximate surface area is 169 Å². The Balaban J connectivity index is 1.27. The molecule has 0 aromatic carbocycles. The standard InChI is InChI=1S/C22H36N4O2/c1-2-28-22(27)18-19-4-6-21(7-5-19)26-16-14-25(15-17-26)13-3-10-24-20-8-11-23-12-9-20/h8-9,11-12,19,21H,2-7,10,13-18H2,1H3,(H,23,24). The zero-order valence-corrected chi connectivity index (χ0v) is 17.3. The summed E-state index contributed by atoms with van der Waals surface area (Å²) in [4.78, 5) is 21.0. The molecular formula is C22H36N4O2. The number of aromatic nitrogens is 1. The first-order valence-corrected chi connectivity index (χ1v) is 11.0. The molecule has 6 nitrogen and oxygen atoms in total. The molecule has 0 spiro atoms. The fourth-order valence-corrected chi connectivity index (χ4v) is 4.53. The van der Waals surface area contributed by atoms with Crippen LogP contribution < -0.4 is 5.32 Å². The smallest absolute Gasteiger partial charge is 0.306 e. The van der Waals surface area contributed by atoms with Gasteiger partial charge in [-0.2, -0.15) is 0 Å². The lowest BCUT2D eigenvalue weighted by molar-refractivity contribution is -0.144. The van der Waals surface area contributed by atoms with Gasteiger partial charge in [-0.15, -0.1) is 0 Å². The number of carbonyl (C=O) groups excluding carboxylic acids is 1. The number of ether oxygens (including phenoxy) is 1. The molecular weight excluding hydrogens is 352 g/mol. The minimum Gasteiger partial charge on any atom is -0.466 e. The SMILES string of the molecule is CCOC(=O)CC1CCC(N2CCN(CCCNc3ccncc3)CC2)CC1. The predicted molar refractivity (Wildman–Crippen MR) is 112 cm³/mol. The first-order valence-electron chi connectivity index (χ1n) is 11.0. The number of anilines is 1. The van der Waals surface area contributed by atoms with Crippen LogP contribution in [0.5, 0.6) is 0 Å². The maximum atomic E-state index is 11.7. The van der Waals surface area contributed by atoms with E-state index in [2.05, 4.69) is 20.1 Å². The summed E-state index contributed by atoms with van der Waals surface area (Å²) >= 11 is 0. The number of nitrogens with zero attached hydrogens (tertiary/aromatic N) is 3. The van der Waals surface area contributed by atoms with Crippen LogP contribution in [0.15, 0.2) is 24.5 Å². The molecule has 1 saturated carbocycles. The predicted octanol–water partition coefficient (Wildman–Crippen LogP) is 3.01. The average molecular weight is 389 g/mol. The van der Waals surface area contributed by atoms with Crippen LogP contribution in [0.2, 0.25) is 0 Å². The molecule has 0 radical (unpaired) electrons. The van der Waals surface area contributed by atoms with E-state index in [1.54, 1.807) is 0 Å². The van der Waals surface area contributed by atoms with Crippen LogP contribution >= 0.6 is 0 Å². The maximum absolute atomic E-state index is 11.7. The second-order valence-corrected chi connectivity index (χ2v) is 8.08. The molecule has 3 rings (SSSR count). The summed E-state index contributed by atoms with van der Waals surface area (Å²) in [5, 5.41) is 3.46. The van der Waals surface area contributed by atoms with Crippen LogP contribution in [0.25, 0.3) is 0 Å². The Bertz CT molecular complexity index is 567. The Morgan fingerprint density at radius 3 is 2.54 bits per heavy atom. The molecule has 0 bridgehead atoms. The summed E-state index contributed by atoms with van der Waals surface area (Å²) in [5.41, 5.74) is 1.15. The minimum absolute atomic E-state index is 0.0158. The van der Waals surface area contributed by atoms with Crippen molar-refractivity contribution < 1.29 is 9.53 Å². The zero-order chi connectivity index (χ0) is 19.6. The summed E-state index contributed by atoms with van der Waals surface area (Å²) in [6, 6.07) is 4.74. The van der Waals surface area contributed by atoms with Gasteiger partial charge in [0.15, 0.2) is 0 Å². The molecule has 0 unspecified atom stereocenters. The van der Waals surface area contributed by atoms with Gasteiger partial charge in [-0.3, -0.25) is 14.7 Å². The van der Waals surface area contributed by atoms with Crippen LogP contribution in [0.4, 0.5) is 5.69 Å². The van der Waals surface area contributed by atoms with Crippen molar-refractivity contribution in [2.75, 3.05) is 51.2 Å². The molecule has 156 valence electrons. The van der Waals surface area contributed by atoms with Crippen molar-refractivity contribution in [2.45, 2.75) is 51.5 Å². The summed E-state index contributed by atoms with van der Waals surface area (Å²) in [6.07, 6.45) is 10.2. The van der Waals surface area contributed by atoms with Gasteiger partial charge in [0.1, 0.15) is 0 Å². The van der Waals surface area contributed by atoms with Crippen molar-refractivity contribution >= 4 is 11.7 Å². The quantitative estimate of drug-likeness (QED) is 0.518. The first-order chi connectivity index (χ1) is 13.7. The Hall–Kier alpha value is -1.66. The highest BCUT2D eigenvalue weighted by atomic mass is 16.5. The minimum atomic E-state index is -0.0158. The van der Waals surface area contributed by atoms with Gasteiger partial charge in [0, 0.05) is 63.3 Å². The highest BCUT2D eigenvalue weighted by Crippen LogP contribution is 2.30. The van der Waals surface area contributed by atoms with Crippen LogP contribution in [0.1, 0.15) is 45.4 Å². The highest BCUT2D eigenvalue weighted by Gasteiger charge is 2.29. The largest absolute Gasteiger partial charge is 0.466 e. The number of pyridine rings is 1. The molecule has 2 aliphatic rings. The Morgan fingerprint density at radius 1 is 1.14 bits per heavy atom. The third-order valence-corrected chi connectivity index (χ3v) is 6.16. The topological polar surface area (TPSA) is 57.7 Å². The molecule has 28 heavy (non-hydrogen) atoms. The van der Waals surface area contributed by atoms with Crippen LogP contribution in [0, 0.1) is 5.92 Å². The van der Waals surface area contributed by atoms with E-state index in [0.717, 1.165) is 18.8 Å². The number of esters is 1. The molecule has 1 saturated heterocycles. The van der Waals surface area contributed by atoms with Crippen LogP contribution in [-0.4, -0.2) is 72.7 Å². The zero-order valence-electron chi connectivity index (χ0n) is 17.3. The van der Waals surface area contributed by atoms with E-state index in [0.29, 0.717) is 25.0 Å². The summed E-state index contributed by atoms with van der Waals surface area (Å²) in [6.45, 7) is 9.28. The lowest BCUT2D eigenvalue weighted by atomic mass is 9.83. The van der Waals surface area contributed by atoms with Gasteiger partial charge in [-0.05, 0) is 63.6 Å². The summed E-state index contributed by atoms with van der Waals surface area (Å²) < 4.78 is 5.10. The van der Waals surface area contributed by atoms with E-state index in [-0.39, 0.29) is 5.97 Å². The molecule has 1 aliphatic heterocycles. The van der Waals surface area contributed by atoms with Gasteiger partial charge in [-0.25, -0.2) is 0 Å². The van der Waals surface area contributed by atoms with E-state index in [1.165, 1.54) is 58.3 Å². The van der Waals surface area contributed by atoms with E-state index in [9.17, 15) is 4.79 Å². The molecule has 2 fully saturated rings. The Morgan fingerprint density at radius 2 is 1.86 bits per heavy atom. The average Bonchev–Trinajstić information content (AvgIpc) is 2.73. The molecule has 6 heteroatoms. The summed E-state index contributed by atoms with van der Waals surface area (Å²) in [5.74, 6) is 0.516. The van der Waals surface area contributed by atoms with Crippen molar-refractivity contribution in [1.29, 1.82) is 0 Å². The molecule has 0 amide bonds. The van der Waals surface area contributed by atoms with Crippen LogP contribution in [-0.2, 0) is 9.53 Å². The lowest BCUT2D eigenvalue weighted by Crippen LogP contribution is -2.51. The third-order valence-electron chi connectivity index (χ3n) is 6.16. The Kier molecular flexibility index (Phi) is 8.55. The van der Waals surface area contributed by atoms with E-state index >= 15 is 0 Å². The normalized spacial score (nSPS) is 24.0. The first kappa shape index (κ1) is 21.1. The lowest BCUT2D eigenvalue weighted by Gasteiger charge is -2.42. The van der Waals surface area contributed by atoms with Crippen molar-refractivity contribution in [1.82, 2.24) is 14.8 Å². The molecule has 1 aliphatic carbocycles. The third kappa shape index (κ3) is 6.74. The molecule has 1 aromatic heterocycles. The fraction of sp³-hybridized carbons (Fsp3) is 0.727. The number of rotatable bonds is 9. The number of piperazine rings is 1. The van der Waals surface area contributed by atoms with E-state index < -0.39 is 0 Å². The number of carbonyl (C=O) groups is 1.